The van der Waals surface area contributed by atoms with Crippen molar-refractivity contribution in [1.82, 2.24) is 10.9 Å². The first kappa shape index (κ1) is 19.5. The summed E-state index contributed by atoms with van der Waals surface area (Å²) >= 11 is 0. The zero-order chi connectivity index (χ0) is 20.6. The molecule has 0 aliphatic heterocycles. The van der Waals surface area contributed by atoms with Gasteiger partial charge >= 0.3 is 0 Å². The van der Waals surface area contributed by atoms with E-state index in [1.807, 2.05) is 48.5 Å². The summed E-state index contributed by atoms with van der Waals surface area (Å²) in [7, 11) is 0. The summed E-state index contributed by atoms with van der Waals surface area (Å²) in [4.78, 5) is 24.1. The number of nitrogens with zero attached hydrogens (tertiary/aromatic N) is 1. The number of carbonyl (C=O) groups is 2. The molecule has 0 aromatic heterocycles. The van der Waals surface area contributed by atoms with Gasteiger partial charge in [-0.2, -0.15) is 5.26 Å². The van der Waals surface area contributed by atoms with Gasteiger partial charge in [-0.3, -0.25) is 20.4 Å². The number of ether oxygens (including phenoxy) is 1. The van der Waals surface area contributed by atoms with Gasteiger partial charge in [-0.15, -0.1) is 0 Å². The molecule has 3 rings (SSSR count). The number of para-hydroxylation sites is 1. The van der Waals surface area contributed by atoms with Gasteiger partial charge in [0.25, 0.3) is 11.8 Å². The van der Waals surface area contributed by atoms with Crippen LogP contribution in [0, 0.1) is 11.3 Å². The highest BCUT2D eigenvalue weighted by atomic mass is 16.5. The van der Waals surface area contributed by atoms with Crippen LogP contribution in [-0.4, -0.2) is 23.5 Å². The van der Waals surface area contributed by atoms with Gasteiger partial charge in [0, 0.05) is 11.1 Å². The quantitative estimate of drug-likeness (QED) is 0.583. The van der Waals surface area contributed by atoms with Gasteiger partial charge in [0.2, 0.25) is 0 Å². The standard InChI is InChI=1S/C22H17N3O4/c23-13-15-10-17(12-18(26)11-15)22(28)25-24-21(27)14-29-20-9-5-4-8-19(20)16-6-2-1-3-7-16/h1-12,26H,14H2,(H,24,27)(H,25,28). The number of rotatable bonds is 5. The van der Waals surface area contributed by atoms with Crippen LogP contribution in [0.5, 0.6) is 11.5 Å². The lowest BCUT2D eigenvalue weighted by Gasteiger charge is -2.12. The molecule has 0 aliphatic rings. The smallest absolute Gasteiger partial charge is 0.276 e. The van der Waals surface area contributed by atoms with E-state index in [1.165, 1.54) is 18.2 Å². The minimum absolute atomic E-state index is 0.0391. The van der Waals surface area contributed by atoms with Gasteiger partial charge in [0.05, 0.1) is 11.6 Å². The fraction of sp³-hybridized carbons (Fsp3) is 0.0455. The molecule has 0 saturated carbocycles. The van der Waals surface area contributed by atoms with Crippen LogP contribution in [0.2, 0.25) is 0 Å². The number of phenols is 1. The Morgan fingerprint density at radius 3 is 2.45 bits per heavy atom. The maximum absolute atomic E-state index is 12.1. The summed E-state index contributed by atoms with van der Waals surface area (Å²) in [6.07, 6.45) is 0. The van der Waals surface area contributed by atoms with Gasteiger partial charge in [-0.25, -0.2) is 0 Å². The van der Waals surface area contributed by atoms with E-state index in [0.29, 0.717) is 5.75 Å². The third kappa shape index (κ3) is 5.11. The summed E-state index contributed by atoms with van der Waals surface area (Å²) < 4.78 is 5.60. The lowest BCUT2D eigenvalue weighted by atomic mass is 10.1. The van der Waals surface area contributed by atoms with E-state index >= 15 is 0 Å². The van der Waals surface area contributed by atoms with Crippen molar-refractivity contribution in [2.75, 3.05) is 6.61 Å². The van der Waals surface area contributed by atoms with Crippen molar-refractivity contribution in [3.8, 4) is 28.7 Å². The van der Waals surface area contributed by atoms with Gasteiger partial charge in [0.15, 0.2) is 6.61 Å². The average molecular weight is 387 g/mol. The number of hydrogen-bond acceptors (Lipinski definition) is 5. The van der Waals surface area contributed by atoms with Crippen LogP contribution in [0.25, 0.3) is 11.1 Å². The highest BCUT2D eigenvalue weighted by molar-refractivity contribution is 5.96. The number of amides is 2. The van der Waals surface area contributed by atoms with Gasteiger partial charge in [-0.05, 0) is 29.8 Å². The fourth-order valence-corrected chi connectivity index (χ4v) is 2.63. The highest BCUT2D eigenvalue weighted by Crippen LogP contribution is 2.29. The average Bonchev–Trinajstić information content (AvgIpc) is 2.76. The zero-order valence-corrected chi connectivity index (χ0v) is 15.3. The Hall–Kier alpha value is -4.31. The number of carbonyl (C=O) groups excluding carboxylic acids is 2. The molecule has 3 N–H and O–H groups in total. The van der Waals surface area contributed by atoms with Gasteiger partial charge in [-0.1, -0.05) is 48.5 Å². The van der Waals surface area contributed by atoms with E-state index in [1.54, 1.807) is 12.1 Å². The number of phenolic OH excluding ortho intramolecular Hbond substituents is 1. The second-order valence-electron chi connectivity index (χ2n) is 6.03. The molecule has 0 saturated heterocycles. The molecule has 29 heavy (non-hydrogen) atoms. The molecule has 0 aliphatic carbocycles. The molecule has 144 valence electrons. The number of benzene rings is 3. The summed E-state index contributed by atoms with van der Waals surface area (Å²) in [5.41, 5.74) is 6.42. The lowest BCUT2D eigenvalue weighted by Crippen LogP contribution is -2.43. The predicted molar refractivity (Wildman–Crippen MR) is 106 cm³/mol. The number of hydrazine groups is 1. The van der Waals surface area contributed by atoms with E-state index in [0.717, 1.165) is 11.1 Å². The molecule has 0 spiro atoms. The molecule has 0 unspecified atom stereocenters. The van der Waals surface area contributed by atoms with Crippen LogP contribution in [0.4, 0.5) is 0 Å². The van der Waals surface area contributed by atoms with Crippen molar-refractivity contribution in [3.05, 3.63) is 83.9 Å². The molecule has 0 atom stereocenters. The number of hydrogen-bond donors (Lipinski definition) is 3. The zero-order valence-electron chi connectivity index (χ0n) is 15.3. The molecule has 7 heteroatoms. The molecular formula is C22H17N3O4. The first-order valence-electron chi connectivity index (χ1n) is 8.67. The molecule has 3 aromatic carbocycles. The predicted octanol–water partition coefficient (Wildman–Crippen LogP) is 2.77. The Morgan fingerprint density at radius 1 is 0.966 bits per heavy atom. The highest BCUT2D eigenvalue weighted by Gasteiger charge is 2.12. The van der Waals surface area contributed by atoms with Crippen LogP contribution in [0.1, 0.15) is 15.9 Å². The van der Waals surface area contributed by atoms with Crippen LogP contribution in [0.15, 0.2) is 72.8 Å². The van der Waals surface area contributed by atoms with Crippen LogP contribution >= 0.6 is 0 Å². The molecule has 0 bridgehead atoms. The fourth-order valence-electron chi connectivity index (χ4n) is 2.63. The molecule has 2 amide bonds. The second-order valence-corrected chi connectivity index (χ2v) is 6.03. The largest absolute Gasteiger partial charge is 0.508 e. The molecule has 0 heterocycles. The minimum atomic E-state index is -0.671. The van der Waals surface area contributed by atoms with Gasteiger partial charge < -0.3 is 9.84 Å². The van der Waals surface area contributed by atoms with E-state index in [9.17, 15) is 14.7 Å². The van der Waals surface area contributed by atoms with Gasteiger partial charge in [0.1, 0.15) is 11.5 Å². The Balaban J connectivity index is 1.58. The van der Waals surface area contributed by atoms with E-state index in [4.69, 9.17) is 10.00 Å². The Kier molecular flexibility index (Phi) is 6.08. The topological polar surface area (TPSA) is 111 Å². The first-order chi connectivity index (χ1) is 14.1. The maximum atomic E-state index is 12.1. The molecular weight excluding hydrogens is 370 g/mol. The summed E-state index contributed by atoms with van der Waals surface area (Å²) in [6, 6.07) is 22.5. The summed E-state index contributed by atoms with van der Waals surface area (Å²) in [5.74, 6) is -0.925. The normalized spacial score (nSPS) is 9.90. The SMILES string of the molecule is N#Cc1cc(O)cc(C(=O)NNC(=O)COc2ccccc2-c2ccccc2)c1. The number of nitrogens with one attached hydrogen (secondary N) is 2. The Labute approximate surface area is 167 Å². The third-order valence-electron chi connectivity index (χ3n) is 3.96. The maximum Gasteiger partial charge on any atom is 0.276 e. The monoisotopic (exact) mass is 387 g/mol. The van der Waals surface area contributed by atoms with Crippen molar-refractivity contribution < 1.29 is 19.4 Å². The second kappa shape index (κ2) is 9.06. The van der Waals surface area contributed by atoms with E-state index < -0.39 is 11.8 Å². The van der Waals surface area contributed by atoms with Crippen LogP contribution in [0.3, 0.4) is 0 Å². The van der Waals surface area contributed by atoms with E-state index in [2.05, 4.69) is 10.9 Å². The summed E-state index contributed by atoms with van der Waals surface area (Å²) in [6.45, 7) is -0.312. The van der Waals surface area contributed by atoms with Crippen LogP contribution < -0.4 is 15.6 Å². The van der Waals surface area contributed by atoms with Crippen molar-refractivity contribution in [3.63, 3.8) is 0 Å². The van der Waals surface area contributed by atoms with E-state index in [-0.39, 0.29) is 23.5 Å². The first-order valence-corrected chi connectivity index (χ1v) is 8.67. The van der Waals surface area contributed by atoms with Crippen molar-refractivity contribution in [2.24, 2.45) is 0 Å². The van der Waals surface area contributed by atoms with Crippen molar-refractivity contribution >= 4 is 11.8 Å². The van der Waals surface area contributed by atoms with Crippen molar-refractivity contribution in [2.45, 2.75) is 0 Å². The Bertz CT molecular complexity index is 1070. The van der Waals surface area contributed by atoms with Crippen molar-refractivity contribution in [1.29, 1.82) is 5.26 Å². The Morgan fingerprint density at radius 2 is 1.69 bits per heavy atom. The van der Waals surface area contributed by atoms with Crippen LogP contribution in [-0.2, 0) is 4.79 Å². The lowest BCUT2D eigenvalue weighted by molar-refractivity contribution is -0.123. The molecule has 3 aromatic rings. The third-order valence-corrected chi connectivity index (χ3v) is 3.96. The summed E-state index contributed by atoms with van der Waals surface area (Å²) in [5, 5.41) is 18.4. The molecule has 7 nitrogen and oxygen atoms in total. The molecule has 0 fully saturated rings. The molecule has 0 radical (unpaired) electrons. The number of nitriles is 1. The number of aromatic hydroxyl groups is 1. The minimum Gasteiger partial charge on any atom is -0.508 e.